The first-order chi connectivity index (χ1) is 8.99. The van der Waals surface area contributed by atoms with Crippen molar-refractivity contribution >= 4 is 11.9 Å². The minimum Gasteiger partial charge on any atom is -0.481 e. The van der Waals surface area contributed by atoms with Gasteiger partial charge in [-0.1, -0.05) is 0 Å². The van der Waals surface area contributed by atoms with Gasteiger partial charge in [0.15, 0.2) is 0 Å². The Morgan fingerprint density at radius 3 is 2.32 bits per heavy atom. The summed E-state index contributed by atoms with van der Waals surface area (Å²) in [5, 5.41) is 12.0. The molecule has 1 atom stereocenters. The van der Waals surface area contributed by atoms with Crippen LogP contribution in [0, 0.1) is 5.41 Å². The van der Waals surface area contributed by atoms with E-state index in [-0.39, 0.29) is 19.1 Å². The normalized spacial score (nSPS) is 29.9. The van der Waals surface area contributed by atoms with Gasteiger partial charge < -0.3 is 25.6 Å². The zero-order valence-electron chi connectivity index (χ0n) is 10.8. The molecule has 2 rings (SSSR count). The van der Waals surface area contributed by atoms with E-state index in [0.717, 1.165) is 0 Å². The third kappa shape index (κ3) is 2.88. The first kappa shape index (κ1) is 14.2. The average molecular weight is 272 g/mol. The molecule has 1 amide bonds. The van der Waals surface area contributed by atoms with Crippen molar-refractivity contribution in [1.82, 2.24) is 5.32 Å². The van der Waals surface area contributed by atoms with Gasteiger partial charge in [0.25, 0.3) is 0 Å². The first-order valence-corrected chi connectivity index (χ1v) is 6.45. The van der Waals surface area contributed by atoms with Crippen LogP contribution >= 0.6 is 0 Å². The van der Waals surface area contributed by atoms with E-state index < -0.39 is 16.9 Å². The summed E-state index contributed by atoms with van der Waals surface area (Å²) in [7, 11) is 0. The molecule has 4 N–H and O–H groups in total. The van der Waals surface area contributed by atoms with Crippen LogP contribution in [0.15, 0.2) is 0 Å². The molecule has 0 radical (unpaired) electrons. The Hall–Kier alpha value is -1.18. The summed E-state index contributed by atoms with van der Waals surface area (Å²) in [6.45, 7) is 1.53. The fraction of sp³-hybridized carbons (Fsp3) is 0.833. The van der Waals surface area contributed by atoms with Gasteiger partial charge in [-0.3, -0.25) is 9.59 Å². The highest BCUT2D eigenvalue weighted by Gasteiger charge is 2.43. The molecule has 7 nitrogen and oxygen atoms in total. The number of nitrogens with two attached hydrogens (primary N) is 1. The van der Waals surface area contributed by atoms with Gasteiger partial charge >= 0.3 is 5.97 Å². The molecule has 0 aliphatic carbocycles. The van der Waals surface area contributed by atoms with E-state index in [1.165, 1.54) is 0 Å². The minimum atomic E-state index is -1.02. The highest BCUT2D eigenvalue weighted by atomic mass is 16.5. The molecular formula is C12H20N2O5. The van der Waals surface area contributed by atoms with Gasteiger partial charge in [-0.25, -0.2) is 0 Å². The van der Waals surface area contributed by atoms with Crippen molar-refractivity contribution in [1.29, 1.82) is 0 Å². The summed E-state index contributed by atoms with van der Waals surface area (Å²) in [5.41, 5.74) is 3.96. The van der Waals surface area contributed by atoms with Crippen molar-refractivity contribution in [2.75, 3.05) is 33.0 Å². The number of carboxylic acids is 1. The number of ether oxygens (including phenoxy) is 2. The Bertz CT molecular complexity index is 359. The Labute approximate surface area is 111 Å². The predicted octanol–water partition coefficient (Wildman–Crippen LogP) is -0.898. The van der Waals surface area contributed by atoms with Crippen LogP contribution in [0.3, 0.4) is 0 Å². The van der Waals surface area contributed by atoms with E-state index in [9.17, 15) is 14.7 Å². The van der Waals surface area contributed by atoms with Gasteiger partial charge in [0.05, 0.1) is 12.0 Å². The molecule has 2 aliphatic rings. The first-order valence-electron chi connectivity index (χ1n) is 6.45. The van der Waals surface area contributed by atoms with E-state index in [1.807, 2.05) is 0 Å². The number of carboxylic acid groups (broad SMARTS) is 1. The zero-order valence-corrected chi connectivity index (χ0v) is 10.8. The van der Waals surface area contributed by atoms with Crippen LogP contribution in [0.2, 0.25) is 0 Å². The SMILES string of the molecule is NC1(C(=O)NCC2(C(=O)O)CCOCC2)CCOC1. The molecule has 108 valence electrons. The van der Waals surface area contributed by atoms with Crippen LogP contribution in [0.1, 0.15) is 19.3 Å². The number of carbonyl (C=O) groups excluding carboxylic acids is 1. The Morgan fingerprint density at radius 1 is 1.16 bits per heavy atom. The molecule has 2 fully saturated rings. The maximum absolute atomic E-state index is 12.0. The second-order valence-electron chi connectivity index (χ2n) is 5.34. The fourth-order valence-corrected chi connectivity index (χ4v) is 2.41. The Morgan fingerprint density at radius 2 is 1.79 bits per heavy atom. The van der Waals surface area contributed by atoms with Gasteiger partial charge in [0.1, 0.15) is 5.54 Å². The molecule has 0 aromatic rings. The number of aliphatic carboxylic acids is 1. The van der Waals surface area contributed by atoms with Crippen molar-refractivity contribution in [3.05, 3.63) is 0 Å². The monoisotopic (exact) mass is 272 g/mol. The summed E-state index contributed by atoms with van der Waals surface area (Å²) in [6.07, 6.45) is 1.26. The maximum atomic E-state index is 12.0. The lowest BCUT2D eigenvalue weighted by Crippen LogP contribution is -2.57. The van der Waals surface area contributed by atoms with Gasteiger partial charge in [-0.15, -0.1) is 0 Å². The van der Waals surface area contributed by atoms with Gasteiger partial charge in [-0.05, 0) is 19.3 Å². The van der Waals surface area contributed by atoms with Crippen molar-refractivity contribution in [3.63, 3.8) is 0 Å². The molecule has 0 aromatic carbocycles. The van der Waals surface area contributed by atoms with Crippen LogP contribution in [-0.4, -0.2) is 55.5 Å². The molecule has 1 unspecified atom stereocenters. The highest BCUT2D eigenvalue weighted by Crippen LogP contribution is 2.30. The Kier molecular flexibility index (Phi) is 4.07. The van der Waals surface area contributed by atoms with Crippen molar-refractivity contribution in [3.8, 4) is 0 Å². The number of amides is 1. The molecule has 0 spiro atoms. The minimum absolute atomic E-state index is 0.0868. The number of nitrogens with one attached hydrogen (secondary N) is 1. The molecule has 2 aliphatic heterocycles. The smallest absolute Gasteiger partial charge is 0.311 e. The van der Waals surface area contributed by atoms with Crippen molar-refractivity contribution in [2.24, 2.45) is 11.1 Å². The molecule has 0 aromatic heterocycles. The second kappa shape index (κ2) is 5.44. The number of carbonyl (C=O) groups is 2. The quantitative estimate of drug-likeness (QED) is 0.612. The fourth-order valence-electron chi connectivity index (χ4n) is 2.41. The van der Waals surface area contributed by atoms with Gasteiger partial charge in [0, 0.05) is 26.4 Å². The third-order valence-corrected chi connectivity index (χ3v) is 4.00. The van der Waals surface area contributed by atoms with Crippen LogP contribution in [0.5, 0.6) is 0 Å². The lowest BCUT2D eigenvalue weighted by Gasteiger charge is -2.34. The van der Waals surface area contributed by atoms with Crippen LogP contribution in [0.25, 0.3) is 0 Å². The predicted molar refractivity (Wildman–Crippen MR) is 65.5 cm³/mol. The van der Waals surface area contributed by atoms with Crippen molar-refractivity contribution in [2.45, 2.75) is 24.8 Å². The average Bonchev–Trinajstić information content (AvgIpc) is 2.85. The third-order valence-electron chi connectivity index (χ3n) is 4.00. The zero-order chi connectivity index (χ0) is 13.9. The van der Waals surface area contributed by atoms with E-state index in [1.54, 1.807) is 0 Å². The largest absolute Gasteiger partial charge is 0.481 e. The summed E-state index contributed by atoms with van der Waals surface area (Å²) >= 11 is 0. The standard InChI is InChI=1S/C12H20N2O5/c13-12(3-6-19-8-12)9(15)14-7-11(10(16)17)1-4-18-5-2-11/h1-8,13H2,(H,14,15)(H,16,17). The molecule has 19 heavy (non-hydrogen) atoms. The summed E-state index contributed by atoms with van der Waals surface area (Å²) < 4.78 is 10.3. The molecule has 0 bridgehead atoms. The Balaban J connectivity index is 1.95. The van der Waals surface area contributed by atoms with E-state index in [2.05, 4.69) is 5.32 Å². The molecule has 7 heteroatoms. The van der Waals surface area contributed by atoms with Crippen LogP contribution in [0.4, 0.5) is 0 Å². The van der Waals surface area contributed by atoms with E-state index in [4.69, 9.17) is 15.2 Å². The summed E-state index contributed by atoms with van der Waals surface area (Å²) in [5.74, 6) is -1.23. The lowest BCUT2D eigenvalue weighted by atomic mass is 9.80. The molecule has 2 saturated heterocycles. The van der Waals surface area contributed by atoms with Gasteiger partial charge in [0.2, 0.25) is 5.91 Å². The summed E-state index contributed by atoms with van der Waals surface area (Å²) in [4.78, 5) is 23.5. The molecule has 0 saturated carbocycles. The van der Waals surface area contributed by atoms with E-state index in [0.29, 0.717) is 39.1 Å². The maximum Gasteiger partial charge on any atom is 0.311 e. The molecular weight excluding hydrogens is 252 g/mol. The topological polar surface area (TPSA) is 111 Å². The second-order valence-corrected chi connectivity index (χ2v) is 5.34. The van der Waals surface area contributed by atoms with Crippen LogP contribution < -0.4 is 11.1 Å². The lowest BCUT2D eigenvalue weighted by molar-refractivity contribution is -0.154. The highest BCUT2D eigenvalue weighted by molar-refractivity contribution is 5.87. The number of rotatable bonds is 4. The number of hydrogen-bond acceptors (Lipinski definition) is 5. The summed E-state index contributed by atoms with van der Waals surface area (Å²) in [6, 6.07) is 0. The number of hydrogen-bond donors (Lipinski definition) is 3. The molecule has 2 heterocycles. The van der Waals surface area contributed by atoms with E-state index >= 15 is 0 Å². The van der Waals surface area contributed by atoms with Crippen LogP contribution in [-0.2, 0) is 19.1 Å². The van der Waals surface area contributed by atoms with Crippen molar-refractivity contribution < 1.29 is 24.2 Å². The van der Waals surface area contributed by atoms with Gasteiger partial charge in [-0.2, -0.15) is 0 Å².